The maximum atomic E-state index is 8.05. The number of hydrogen-bond acceptors (Lipinski definition) is 2. The first-order chi connectivity index (χ1) is 2.81. The number of rotatable bonds is 1. The van der Waals surface area contributed by atoms with Gasteiger partial charge in [0.15, 0.2) is 0 Å². The van der Waals surface area contributed by atoms with Crippen molar-refractivity contribution in [3.63, 3.8) is 0 Å². The van der Waals surface area contributed by atoms with E-state index in [9.17, 15) is 0 Å². The molecule has 0 saturated carbocycles. The molecule has 0 fully saturated rings. The van der Waals surface area contributed by atoms with Crippen molar-refractivity contribution in [2.75, 3.05) is 7.11 Å². The molecule has 2 heteroatoms. The molecule has 0 spiro atoms. The Morgan fingerprint density at radius 1 is 1.83 bits per heavy atom. The lowest BCUT2D eigenvalue weighted by Gasteiger charge is -1.90. The van der Waals surface area contributed by atoms with Gasteiger partial charge in [-0.05, 0) is 6.92 Å². The van der Waals surface area contributed by atoms with Crippen LogP contribution < -0.4 is 0 Å². The maximum absolute atomic E-state index is 8.05. The third-order valence-electron chi connectivity index (χ3n) is 0.504. The van der Waals surface area contributed by atoms with E-state index in [1.165, 1.54) is 7.11 Å². The second kappa shape index (κ2) is 2.57. The van der Waals surface area contributed by atoms with Crippen molar-refractivity contribution in [1.82, 2.24) is 0 Å². The molecule has 0 unspecified atom stereocenters. The summed E-state index contributed by atoms with van der Waals surface area (Å²) in [5.74, 6) is 0.523. The van der Waals surface area contributed by atoms with Gasteiger partial charge in [0.1, 0.15) is 12.0 Å². The zero-order valence-corrected chi connectivity index (χ0v) is 3.93. The molecular formula is C4H8O2. The van der Waals surface area contributed by atoms with Crippen LogP contribution in [-0.4, -0.2) is 12.2 Å². The van der Waals surface area contributed by atoms with Crippen molar-refractivity contribution < 1.29 is 9.84 Å². The summed E-state index contributed by atoms with van der Waals surface area (Å²) < 4.78 is 4.51. The molecule has 0 rings (SSSR count). The molecule has 0 aliphatic heterocycles. The Balaban J connectivity index is 3.22. The van der Waals surface area contributed by atoms with E-state index < -0.39 is 0 Å². The lowest BCUT2D eigenvalue weighted by atomic mass is 10.6. The first-order valence-electron chi connectivity index (χ1n) is 1.66. The van der Waals surface area contributed by atoms with Crippen molar-refractivity contribution in [2.45, 2.75) is 6.92 Å². The number of allylic oxidation sites excluding steroid dienone is 1. The molecule has 0 aromatic rings. The van der Waals surface area contributed by atoms with E-state index in [-0.39, 0.29) is 0 Å². The molecule has 0 atom stereocenters. The summed E-state index contributed by atoms with van der Waals surface area (Å²) in [6.07, 6.45) is 0.917. The lowest BCUT2D eigenvalue weighted by Crippen LogP contribution is -1.75. The molecule has 36 valence electrons. The van der Waals surface area contributed by atoms with Crippen molar-refractivity contribution in [1.29, 1.82) is 0 Å². The molecule has 0 bridgehead atoms. The average molecular weight is 88.1 g/mol. The van der Waals surface area contributed by atoms with Crippen LogP contribution in [-0.2, 0) is 4.74 Å². The third-order valence-corrected chi connectivity index (χ3v) is 0.504. The van der Waals surface area contributed by atoms with Gasteiger partial charge in [0, 0.05) is 0 Å². The highest BCUT2D eigenvalue weighted by molar-refractivity contribution is 4.77. The minimum Gasteiger partial charge on any atom is -0.512 e. The zero-order chi connectivity index (χ0) is 4.99. The van der Waals surface area contributed by atoms with Crippen LogP contribution in [0.25, 0.3) is 0 Å². The molecule has 1 N–H and O–H groups in total. The number of methoxy groups -OCH3 is 1. The summed E-state index contributed by atoms with van der Waals surface area (Å²) >= 11 is 0. The second-order valence-electron chi connectivity index (χ2n) is 0.944. The van der Waals surface area contributed by atoms with Crippen molar-refractivity contribution in [3.8, 4) is 0 Å². The molecule has 0 heterocycles. The molecular weight excluding hydrogens is 80.0 g/mol. The Hall–Kier alpha value is -0.660. The molecule has 0 aromatic carbocycles. The predicted octanol–water partition coefficient (Wildman–Crippen LogP) is 1.05. The summed E-state index contributed by atoms with van der Waals surface area (Å²) in [5.41, 5.74) is 0. The molecule has 0 saturated heterocycles. The van der Waals surface area contributed by atoms with Crippen molar-refractivity contribution >= 4 is 0 Å². The van der Waals surface area contributed by atoms with Gasteiger partial charge < -0.3 is 9.84 Å². The Labute approximate surface area is 37.1 Å². The highest BCUT2D eigenvalue weighted by Crippen LogP contribution is 1.85. The fourth-order valence-corrected chi connectivity index (χ4v) is 0.0527. The SMILES string of the molecule is COC(C)=CO. The maximum Gasteiger partial charge on any atom is 0.126 e. The van der Waals surface area contributed by atoms with E-state index in [1.54, 1.807) is 6.92 Å². The zero-order valence-electron chi connectivity index (χ0n) is 3.93. The topological polar surface area (TPSA) is 29.5 Å². The van der Waals surface area contributed by atoms with Crippen LogP contribution in [0.3, 0.4) is 0 Å². The van der Waals surface area contributed by atoms with Crippen LogP contribution in [0.15, 0.2) is 12.0 Å². The Morgan fingerprint density at radius 3 is 2.33 bits per heavy atom. The highest BCUT2D eigenvalue weighted by Gasteiger charge is 1.74. The highest BCUT2D eigenvalue weighted by atomic mass is 16.5. The van der Waals surface area contributed by atoms with Gasteiger partial charge in [0.05, 0.1) is 7.11 Å². The minimum atomic E-state index is 0.523. The largest absolute Gasteiger partial charge is 0.512 e. The second-order valence-corrected chi connectivity index (χ2v) is 0.944. The Bertz CT molecular complexity index is 56.6. The van der Waals surface area contributed by atoms with Gasteiger partial charge in [-0.1, -0.05) is 0 Å². The lowest BCUT2D eigenvalue weighted by molar-refractivity contribution is 0.273. The van der Waals surface area contributed by atoms with Crippen LogP contribution >= 0.6 is 0 Å². The first kappa shape index (κ1) is 5.34. The van der Waals surface area contributed by atoms with Gasteiger partial charge in [-0.2, -0.15) is 0 Å². The summed E-state index contributed by atoms with van der Waals surface area (Å²) in [4.78, 5) is 0. The predicted molar refractivity (Wildman–Crippen MR) is 23.4 cm³/mol. The molecule has 0 aliphatic carbocycles. The Kier molecular flexibility index (Phi) is 2.29. The normalized spacial score (nSPS) is 11.3. The molecule has 0 aromatic heterocycles. The monoisotopic (exact) mass is 88.1 g/mol. The van der Waals surface area contributed by atoms with Crippen molar-refractivity contribution in [2.24, 2.45) is 0 Å². The van der Waals surface area contributed by atoms with E-state index >= 15 is 0 Å². The van der Waals surface area contributed by atoms with E-state index in [2.05, 4.69) is 4.74 Å². The summed E-state index contributed by atoms with van der Waals surface area (Å²) in [6.45, 7) is 1.67. The molecule has 0 aliphatic rings. The number of aliphatic hydroxyl groups is 1. The summed E-state index contributed by atoms with van der Waals surface area (Å²) in [6, 6.07) is 0. The van der Waals surface area contributed by atoms with Gasteiger partial charge in [-0.15, -0.1) is 0 Å². The fraction of sp³-hybridized carbons (Fsp3) is 0.500. The van der Waals surface area contributed by atoms with E-state index in [0.29, 0.717) is 5.76 Å². The summed E-state index contributed by atoms with van der Waals surface area (Å²) in [7, 11) is 1.50. The standard InChI is InChI=1S/C4H8O2/c1-4(3-5)6-2/h3,5H,1-2H3. The summed E-state index contributed by atoms with van der Waals surface area (Å²) in [5, 5.41) is 8.05. The van der Waals surface area contributed by atoms with E-state index in [0.717, 1.165) is 6.26 Å². The average Bonchev–Trinajstić information content (AvgIpc) is 1.65. The molecule has 0 radical (unpaired) electrons. The molecule has 2 nitrogen and oxygen atoms in total. The van der Waals surface area contributed by atoms with Crippen LogP contribution in [0.1, 0.15) is 6.92 Å². The van der Waals surface area contributed by atoms with Gasteiger partial charge in [0.2, 0.25) is 0 Å². The smallest absolute Gasteiger partial charge is 0.126 e. The molecule has 6 heavy (non-hydrogen) atoms. The van der Waals surface area contributed by atoms with E-state index in [1.807, 2.05) is 0 Å². The van der Waals surface area contributed by atoms with Gasteiger partial charge in [0.25, 0.3) is 0 Å². The van der Waals surface area contributed by atoms with Crippen molar-refractivity contribution in [3.05, 3.63) is 12.0 Å². The van der Waals surface area contributed by atoms with Gasteiger partial charge in [-0.25, -0.2) is 0 Å². The number of aliphatic hydroxyl groups excluding tert-OH is 1. The van der Waals surface area contributed by atoms with Crippen LogP contribution in [0, 0.1) is 0 Å². The van der Waals surface area contributed by atoms with Crippen LogP contribution in [0.4, 0.5) is 0 Å². The van der Waals surface area contributed by atoms with E-state index in [4.69, 9.17) is 5.11 Å². The quantitative estimate of drug-likeness (QED) is 0.485. The van der Waals surface area contributed by atoms with Gasteiger partial charge in [-0.3, -0.25) is 0 Å². The minimum absolute atomic E-state index is 0.523. The number of hydrogen-bond donors (Lipinski definition) is 1. The third kappa shape index (κ3) is 1.64. The van der Waals surface area contributed by atoms with Crippen LogP contribution in [0.2, 0.25) is 0 Å². The fourth-order valence-electron chi connectivity index (χ4n) is 0.0527. The first-order valence-corrected chi connectivity index (χ1v) is 1.66. The number of ether oxygens (including phenoxy) is 1. The Morgan fingerprint density at radius 2 is 2.33 bits per heavy atom. The van der Waals surface area contributed by atoms with Gasteiger partial charge >= 0.3 is 0 Å². The molecule has 0 amide bonds. The van der Waals surface area contributed by atoms with Crippen LogP contribution in [0.5, 0.6) is 0 Å².